The van der Waals surface area contributed by atoms with Gasteiger partial charge in [0.15, 0.2) is 0 Å². The van der Waals surface area contributed by atoms with Crippen LogP contribution >= 0.6 is 23.5 Å². The van der Waals surface area contributed by atoms with Crippen molar-refractivity contribution in [3.05, 3.63) is 18.2 Å². The summed E-state index contributed by atoms with van der Waals surface area (Å²) < 4.78 is 0. The van der Waals surface area contributed by atoms with Crippen LogP contribution in [0.5, 0.6) is 0 Å². The van der Waals surface area contributed by atoms with E-state index in [1.165, 1.54) is 36.0 Å². The van der Waals surface area contributed by atoms with Crippen LogP contribution in [0.25, 0.3) is 0 Å². The van der Waals surface area contributed by atoms with Gasteiger partial charge in [0.25, 0.3) is 0 Å². The molecule has 1 rings (SSSR count). The first-order valence-corrected chi connectivity index (χ1v) is 13.7. The second-order valence-corrected chi connectivity index (χ2v) is 10.1. The number of hydrogen-bond donors (Lipinski definition) is 6. The van der Waals surface area contributed by atoms with Gasteiger partial charge in [-0.25, -0.2) is 9.78 Å². The van der Waals surface area contributed by atoms with Gasteiger partial charge < -0.3 is 31.8 Å². The number of aromatic nitrogens is 2. The molecule has 1 aromatic heterocycles. The van der Waals surface area contributed by atoms with E-state index in [1.54, 1.807) is 0 Å². The molecule has 1 aromatic rings. The number of aliphatic carboxylic acids is 1. The molecule has 192 valence electrons. The van der Waals surface area contributed by atoms with Crippen LogP contribution < -0.4 is 21.7 Å². The van der Waals surface area contributed by atoms with E-state index in [-0.39, 0.29) is 18.8 Å². The van der Waals surface area contributed by atoms with Gasteiger partial charge in [-0.2, -0.15) is 23.5 Å². The Bertz CT molecular complexity index is 793. The number of hydrogen-bond acceptors (Lipinski definition) is 8. The average Bonchev–Trinajstić information content (AvgIpc) is 3.30. The lowest BCUT2D eigenvalue weighted by Crippen LogP contribution is -2.58. The van der Waals surface area contributed by atoms with Gasteiger partial charge in [0.05, 0.1) is 12.4 Å². The van der Waals surface area contributed by atoms with Gasteiger partial charge in [0, 0.05) is 18.3 Å². The number of aromatic amines is 1. The molecule has 1 heterocycles. The van der Waals surface area contributed by atoms with Crippen molar-refractivity contribution in [3.63, 3.8) is 0 Å². The first-order chi connectivity index (χ1) is 16.1. The minimum absolute atomic E-state index is 0.0706. The fourth-order valence-electron chi connectivity index (χ4n) is 2.94. The third-order valence-electron chi connectivity index (χ3n) is 5.10. The molecule has 0 radical (unpaired) electrons. The van der Waals surface area contributed by atoms with E-state index >= 15 is 0 Å². The fraction of sp³-hybridized carbons (Fsp3) is 0.667. The number of carboxylic acids is 1. The highest BCUT2D eigenvalue weighted by Gasteiger charge is 2.31. The summed E-state index contributed by atoms with van der Waals surface area (Å²) in [6, 6.07) is -3.83. The van der Waals surface area contributed by atoms with Gasteiger partial charge >= 0.3 is 5.97 Å². The Labute approximate surface area is 208 Å². The molecule has 7 N–H and O–H groups in total. The average molecular weight is 517 g/mol. The van der Waals surface area contributed by atoms with Gasteiger partial charge in [-0.05, 0) is 42.8 Å². The quantitative estimate of drug-likeness (QED) is 0.176. The highest BCUT2D eigenvalue weighted by Crippen LogP contribution is 2.07. The molecule has 0 aromatic carbocycles. The number of carboxylic acid groups (broad SMARTS) is 1. The van der Waals surface area contributed by atoms with Crippen molar-refractivity contribution in [1.29, 1.82) is 0 Å². The molecular formula is C21H36N6O5S2. The minimum atomic E-state index is -1.15. The normalized spacial score (nSPS) is 14.6. The largest absolute Gasteiger partial charge is 0.480 e. The number of imidazole rings is 1. The predicted octanol–water partition coefficient (Wildman–Crippen LogP) is -0.0193. The lowest BCUT2D eigenvalue weighted by molar-refractivity contribution is -0.142. The van der Waals surface area contributed by atoms with Gasteiger partial charge in [0.2, 0.25) is 17.7 Å². The van der Waals surface area contributed by atoms with E-state index in [1.807, 2.05) is 26.4 Å². The molecule has 0 saturated heterocycles. The third-order valence-corrected chi connectivity index (χ3v) is 6.39. The van der Waals surface area contributed by atoms with Crippen molar-refractivity contribution < 1.29 is 24.3 Å². The summed E-state index contributed by atoms with van der Waals surface area (Å²) in [6.45, 7) is 3.61. The summed E-state index contributed by atoms with van der Waals surface area (Å²) in [5.74, 6) is -1.75. The second kappa shape index (κ2) is 15.6. The van der Waals surface area contributed by atoms with E-state index < -0.39 is 47.9 Å². The zero-order valence-electron chi connectivity index (χ0n) is 20.0. The zero-order valence-corrected chi connectivity index (χ0v) is 21.6. The molecule has 11 nitrogen and oxygen atoms in total. The van der Waals surface area contributed by atoms with Crippen molar-refractivity contribution in [2.24, 2.45) is 11.7 Å². The topological polar surface area (TPSA) is 179 Å². The van der Waals surface area contributed by atoms with E-state index in [9.17, 15) is 24.3 Å². The molecule has 3 amide bonds. The molecule has 0 fully saturated rings. The first kappa shape index (κ1) is 29.8. The first-order valence-electron chi connectivity index (χ1n) is 10.9. The van der Waals surface area contributed by atoms with Crippen molar-refractivity contribution >= 4 is 47.2 Å². The lowest BCUT2D eigenvalue weighted by atomic mass is 10.0. The summed E-state index contributed by atoms with van der Waals surface area (Å²) in [4.78, 5) is 57.0. The molecular weight excluding hydrogens is 480 g/mol. The predicted molar refractivity (Wildman–Crippen MR) is 135 cm³/mol. The van der Waals surface area contributed by atoms with Gasteiger partial charge in [-0.3, -0.25) is 14.4 Å². The zero-order chi connectivity index (χ0) is 25.7. The SMILES string of the molecule is CSCCC(NC(=O)C(Cc1cnc[nH]1)NC(=O)C(CCSC)NC(=O)C(N)C(C)C)C(=O)O. The smallest absolute Gasteiger partial charge is 0.326 e. The number of amides is 3. The third kappa shape index (κ3) is 10.3. The molecule has 4 unspecified atom stereocenters. The van der Waals surface area contributed by atoms with Crippen LogP contribution in [0.1, 0.15) is 32.4 Å². The summed E-state index contributed by atoms with van der Waals surface area (Å²) in [7, 11) is 0. The Morgan fingerprint density at radius 2 is 1.50 bits per heavy atom. The van der Waals surface area contributed by atoms with Crippen LogP contribution in [0.15, 0.2) is 12.5 Å². The minimum Gasteiger partial charge on any atom is -0.480 e. The summed E-state index contributed by atoms with van der Waals surface area (Å²) >= 11 is 2.98. The number of carbonyl (C=O) groups excluding carboxylic acids is 3. The Morgan fingerprint density at radius 1 is 0.971 bits per heavy atom. The van der Waals surface area contributed by atoms with Crippen LogP contribution in [-0.2, 0) is 25.6 Å². The maximum absolute atomic E-state index is 13.1. The van der Waals surface area contributed by atoms with Crippen LogP contribution in [0, 0.1) is 5.92 Å². The second-order valence-electron chi connectivity index (χ2n) is 8.14. The molecule has 13 heteroatoms. The number of rotatable bonds is 16. The molecule has 0 saturated carbocycles. The maximum Gasteiger partial charge on any atom is 0.326 e. The molecule has 34 heavy (non-hydrogen) atoms. The van der Waals surface area contributed by atoms with E-state index in [0.29, 0.717) is 23.6 Å². The fourth-order valence-corrected chi connectivity index (χ4v) is 3.88. The standard InChI is InChI=1S/C21H36N6O5S2/c1-12(2)17(22)20(30)25-14(5-7-33-3)18(28)27-16(9-13-10-23-11-24-13)19(29)26-15(21(31)32)6-8-34-4/h10-12,14-17H,5-9,22H2,1-4H3,(H,23,24)(H,25,30)(H,26,29)(H,27,28)(H,31,32). The molecule has 4 atom stereocenters. The Hall–Kier alpha value is -2.25. The van der Waals surface area contributed by atoms with Crippen LogP contribution in [0.3, 0.4) is 0 Å². The van der Waals surface area contributed by atoms with Crippen LogP contribution in [0.2, 0.25) is 0 Å². The molecule has 0 bridgehead atoms. The van der Waals surface area contributed by atoms with Crippen LogP contribution in [-0.4, -0.2) is 86.9 Å². The van der Waals surface area contributed by atoms with E-state index in [2.05, 4.69) is 25.9 Å². The highest BCUT2D eigenvalue weighted by molar-refractivity contribution is 7.98. The molecule has 0 aliphatic carbocycles. The maximum atomic E-state index is 13.1. The summed E-state index contributed by atoms with van der Waals surface area (Å²) in [6.07, 6.45) is 7.34. The van der Waals surface area contributed by atoms with Gasteiger partial charge in [0.1, 0.15) is 18.1 Å². The molecule has 0 aliphatic rings. The van der Waals surface area contributed by atoms with Gasteiger partial charge in [-0.1, -0.05) is 13.8 Å². The number of H-pyrrole nitrogens is 1. The molecule has 0 aliphatic heterocycles. The molecule has 0 spiro atoms. The number of thioether (sulfide) groups is 2. The lowest BCUT2D eigenvalue weighted by Gasteiger charge is -2.25. The number of nitrogens with two attached hydrogens (primary N) is 1. The van der Waals surface area contributed by atoms with Gasteiger partial charge in [-0.15, -0.1) is 0 Å². The van der Waals surface area contributed by atoms with Crippen molar-refractivity contribution in [3.8, 4) is 0 Å². The van der Waals surface area contributed by atoms with Crippen molar-refractivity contribution in [2.75, 3.05) is 24.0 Å². The summed E-state index contributed by atoms with van der Waals surface area (Å²) in [5, 5.41) is 17.3. The van der Waals surface area contributed by atoms with Crippen molar-refractivity contribution in [1.82, 2.24) is 25.9 Å². The Kier molecular flexibility index (Phi) is 13.7. The Morgan fingerprint density at radius 3 is 2.00 bits per heavy atom. The summed E-state index contributed by atoms with van der Waals surface area (Å²) in [5.41, 5.74) is 6.50. The van der Waals surface area contributed by atoms with E-state index in [0.717, 1.165) is 0 Å². The highest BCUT2D eigenvalue weighted by atomic mass is 32.2. The monoisotopic (exact) mass is 516 g/mol. The Balaban J connectivity index is 3.02. The van der Waals surface area contributed by atoms with E-state index in [4.69, 9.17) is 5.73 Å². The number of nitrogens with one attached hydrogen (secondary N) is 4. The number of nitrogens with zero attached hydrogens (tertiary/aromatic N) is 1. The van der Waals surface area contributed by atoms with Crippen LogP contribution in [0.4, 0.5) is 0 Å². The van der Waals surface area contributed by atoms with Crippen molar-refractivity contribution in [2.45, 2.75) is 57.3 Å². The number of carbonyl (C=O) groups is 4.